The molecule has 6 heteroatoms. The van der Waals surface area contributed by atoms with Crippen LogP contribution in [-0.2, 0) is 10.0 Å². The molecular formula is C15H22N2O3S. The van der Waals surface area contributed by atoms with Crippen LogP contribution in [0.4, 0.5) is 0 Å². The fourth-order valence-corrected chi connectivity index (χ4v) is 4.48. The summed E-state index contributed by atoms with van der Waals surface area (Å²) < 4.78 is 27.1. The van der Waals surface area contributed by atoms with Crippen LogP contribution in [0.25, 0.3) is 0 Å². The molecule has 2 N–H and O–H groups in total. The van der Waals surface area contributed by atoms with Gasteiger partial charge in [0.1, 0.15) is 0 Å². The normalized spacial score (nSPS) is 24.0. The minimum Gasteiger partial charge on any atom is -0.329 e. The lowest BCUT2D eigenvalue weighted by molar-refractivity contribution is 0.101. The number of carbonyl (C=O) groups excluding carboxylic acids is 1. The largest absolute Gasteiger partial charge is 0.329 e. The van der Waals surface area contributed by atoms with Gasteiger partial charge in [0.05, 0.1) is 4.90 Å². The summed E-state index contributed by atoms with van der Waals surface area (Å²) in [5, 5.41) is 0. The zero-order chi connectivity index (χ0) is 15.6. The molecule has 2 unspecified atom stereocenters. The lowest BCUT2D eigenvalue weighted by Crippen LogP contribution is -2.49. The summed E-state index contributed by atoms with van der Waals surface area (Å²) in [5.74, 6) is 0.336. The Morgan fingerprint density at radius 1 is 1.43 bits per heavy atom. The van der Waals surface area contributed by atoms with Gasteiger partial charge in [-0.3, -0.25) is 4.79 Å². The van der Waals surface area contributed by atoms with Gasteiger partial charge >= 0.3 is 0 Å². The number of piperidine rings is 1. The average Bonchev–Trinajstić information content (AvgIpc) is 2.46. The van der Waals surface area contributed by atoms with Crippen molar-refractivity contribution < 1.29 is 13.2 Å². The molecule has 1 fully saturated rings. The van der Waals surface area contributed by atoms with Gasteiger partial charge in [-0.05, 0) is 37.8 Å². The Bertz CT molecular complexity index is 628. The summed E-state index contributed by atoms with van der Waals surface area (Å²) >= 11 is 0. The number of sulfonamides is 1. The van der Waals surface area contributed by atoms with E-state index < -0.39 is 10.0 Å². The smallest absolute Gasteiger partial charge is 0.243 e. The molecule has 2 rings (SSSR count). The van der Waals surface area contributed by atoms with Crippen molar-refractivity contribution in [1.29, 1.82) is 0 Å². The molecule has 0 spiro atoms. The third-order valence-electron chi connectivity index (χ3n) is 4.04. The topological polar surface area (TPSA) is 80.5 Å². The Morgan fingerprint density at radius 3 is 2.76 bits per heavy atom. The van der Waals surface area contributed by atoms with Gasteiger partial charge in [-0.2, -0.15) is 4.31 Å². The van der Waals surface area contributed by atoms with Crippen LogP contribution in [0, 0.1) is 5.92 Å². The van der Waals surface area contributed by atoms with Crippen LogP contribution in [0.5, 0.6) is 0 Å². The zero-order valence-corrected chi connectivity index (χ0v) is 13.3. The predicted octanol–water partition coefficient (Wildman–Crippen LogP) is 1.64. The first-order valence-corrected chi connectivity index (χ1v) is 8.63. The van der Waals surface area contributed by atoms with Crippen LogP contribution < -0.4 is 5.73 Å². The Balaban J connectivity index is 2.37. The van der Waals surface area contributed by atoms with Crippen LogP contribution >= 0.6 is 0 Å². The minimum absolute atomic E-state index is 0.144. The van der Waals surface area contributed by atoms with E-state index in [1.807, 2.05) is 0 Å². The maximum absolute atomic E-state index is 12.8. The summed E-state index contributed by atoms with van der Waals surface area (Å²) in [5.41, 5.74) is 6.16. The van der Waals surface area contributed by atoms with E-state index in [2.05, 4.69) is 6.92 Å². The summed E-state index contributed by atoms with van der Waals surface area (Å²) in [7, 11) is -3.60. The van der Waals surface area contributed by atoms with Gasteiger partial charge in [0.25, 0.3) is 0 Å². The number of rotatable bonds is 4. The highest BCUT2D eigenvalue weighted by Crippen LogP contribution is 2.28. The van der Waals surface area contributed by atoms with E-state index in [-0.39, 0.29) is 16.7 Å². The molecule has 1 aromatic rings. The number of hydrogen-bond acceptors (Lipinski definition) is 4. The van der Waals surface area contributed by atoms with E-state index in [4.69, 9.17) is 5.73 Å². The molecule has 0 amide bonds. The Hall–Kier alpha value is -1.24. The summed E-state index contributed by atoms with van der Waals surface area (Å²) in [6, 6.07) is 6.05. The van der Waals surface area contributed by atoms with Crippen molar-refractivity contribution in [2.45, 2.75) is 37.6 Å². The summed E-state index contributed by atoms with van der Waals surface area (Å²) in [6.45, 7) is 4.34. The molecule has 1 saturated heterocycles. The predicted molar refractivity (Wildman–Crippen MR) is 81.6 cm³/mol. The van der Waals surface area contributed by atoms with Crippen molar-refractivity contribution in [3.05, 3.63) is 29.8 Å². The molecule has 0 radical (unpaired) electrons. The number of ketones is 1. The van der Waals surface area contributed by atoms with Gasteiger partial charge in [0.2, 0.25) is 10.0 Å². The van der Waals surface area contributed by atoms with E-state index in [1.165, 1.54) is 23.4 Å². The molecule has 1 aliphatic heterocycles. The maximum atomic E-state index is 12.8. The summed E-state index contributed by atoms with van der Waals surface area (Å²) in [4.78, 5) is 11.6. The van der Waals surface area contributed by atoms with Gasteiger partial charge in [0, 0.05) is 24.7 Å². The third kappa shape index (κ3) is 3.33. The fourth-order valence-electron chi connectivity index (χ4n) is 2.77. The van der Waals surface area contributed by atoms with Gasteiger partial charge in [0.15, 0.2) is 5.78 Å². The van der Waals surface area contributed by atoms with Crippen molar-refractivity contribution in [3.8, 4) is 0 Å². The molecule has 1 heterocycles. The van der Waals surface area contributed by atoms with Gasteiger partial charge in [-0.15, -0.1) is 0 Å². The van der Waals surface area contributed by atoms with Crippen LogP contribution in [0.15, 0.2) is 29.2 Å². The van der Waals surface area contributed by atoms with E-state index in [1.54, 1.807) is 12.1 Å². The van der Waals surface area contributed by atoms with Gasteiger partial charge in [-0.25, -0.2) is 8.42 Å². The second-order valence-corrected chi connectivity index (χ2v) is 7.61. The van der Waals surface area contributed by atoms with E-state index in [0.29, 0.717) is 24.6 Å². The highest BCUT2D eigenvalue weighted by molar-refractivity contribution is 7.89. The summed E-state index contributed by atoms with van der Waals surface area (Å²) in [6.07, 6.45) is 1.62. The number of benzene rings is 1. The Kier molecular flexibility index (Phi) is 4.81. The molecule has 0 bridgehead atoms. The Morgan fingerprint density at radius 2 is 2.14 bits per heavy atom. The van der Waals surface area contributed by atoms with Gasteiger partial charge < -0.3 is 5.73 Å². The number of Topliss-reactive ketones (excluding diaryl/α,β-unsaturated/α-hetero) is 1. The number of nitrogens with zero attached hydrogens (tertiary/aromatic N) is 1. The highest BCUT2D eigenvalue weighted by Gasteiger charge is 2.35. The Labute approximate surface area is 126 Å². The molecular weight excluding hydrogens is 288 g/mol. The van der Waals surface area contributed by atoms with Crippen molar-refractivity contribution in [3.63, 3.8) is 0 Å². The van der Waals surface area contributed by atoms with Crippen molar-refractivity contribution in [1.82, 2.24) is 4.31 Å². The maximum Gasteiger partial charge on any atom is 0.243 e. The number of nitrogens with two attached hydrogens (primary N) is 1. The molecule has 0 aromatic heterocycles. The lowest BCUT2D eigenvalue weighted by atomic mass is 9.94. The monoisotopic (exact) mass is 310 g/mol. The SMILES string of the molecule is CC(=O)c1cccc(S(=O)(=O)N2CCC(C)CC2CN)c1. The molecule has 2 atom stereocenters. The van der Waals surface area contributed by atoms with E-state index in [0.717, 1.165) is 12.8 Å². The van der Waals surface area contributed by atoms with Crippen molar-refractivity contribution in [2.24, 2.45) is 11.7 Å². The number of carbonyl (C=O) groups is 1. The first kappa shape index (κ1) is 16.1. The van der Waals surface area contributed by atoms with Crippen LogP contribution in [0.1, 0.15) is 37.0 Å². The molecule has 116 valence electrons. The number of hydrogen-bond donors (Lipinski definition) is 1. The molecule has 0 aliphatic carbocycles. The minimum atomic E-state index is -3.60. The highest BCUT2D eigenvalue weighted by atomic mass is 32.2. The molecule has 21 heavy (non-hydrogen) atoms. The molecule has 0 saturated carbocycles. The van der Waals surface area contributed by atoms with Crippen molar-refractivity contribution in [2.75, 3.05) is 13.1 Å². The lowest BCUT2D eigenvalue weighted by Gasteiger charge is -2.36. The van der Waals surface area contributed by atoms with Crippen LogP contribution in [0.2, 0.25) is 0 Å². The first-order chi connectivity index (χ1) is 9.86. The van der Waals surface area contributed by atoms with Crippen LogP contribution in [0.3, 0.4) is 0 Å². The average molecular weight is 310 g/mol. The van der Waals surface area contributed by atoms with E-state index >= 15 is 0 Å². The third-order valence-corrected chi connectivity index (χ3v) is 5.99. The van der Waals surface area contributed by atoms with E-state index in [9.17, 15) is 13.2 Å². The second kappa shape index (κ2) is 6.25. The quantitative estimate of drug-likeness (QED) is 0.857. The van der Waals surface area contributed by atoms with Gasteiger partial charge in [-0.1, -0.05) is 19.1 Å². The van der Waals surface area contributed by atoms with Crippen molar-refractivity contribution >= 4 is 15.8 Å². The first-order valence-electron chi connectivity index (χ1n) is 7.19. The second-order valence-electron chi connectivity index (χ2n) is 5.72. The fraction of sp³-hybridized carbons (Fsp3) is 0.533. The molecule has 5 nitrogen and oxygen atoms in total. The zero-order valence-electron chi connectivity index (χ0n) is 12.5. The standard InChI is InChI=1S/C15H22N2O3S/c1-11-6-7-17(14(8-11)10-16)21(19,20)15-5-3-4-13(9-15)12(2)18/h3-5,9,11,14H,6-8,10,16H2,1-2H3. The molecule has 1 aliphatic rings. The molecule has 1 aromatic carbocycles. The van der Waals surface area contributed by atoms with Crippen LogP contribution in [-0.4, -0.2) is 37.6 Å².